The van der Waals surface area contributed by atoms with E-state index in [9.17, 15) is 0 Å². The molecule has 0 aliphatic carbocycles. The number of thioether (sulfide) groups is 1. The molecular formula is C12H21N3S. The molecule has 0 spiro atoms. The highest BCUT2D eigenvalue weighted by Crippen LogP contribution is 2.27. The molecule has 0 unspecified atom stereocenters. The molecular weight excluding hydrogens is 218 g/mol. The molecule has 3 nitrogen and oxygen atoms in total. The Hall–Kier alpha value is -0.770. The van der Waals surface area contributed by atoms with Crippen LogP contribution in [0.15, 0.2) is 5.03 Å². The first-order chi connectivity index (χ1) is 7.36. The summed E-state index contributed by atoms with van der Waals surface area (Å²) in [6, 6.07) is 0. The fourth-order valence-electron chi connectivity index (χ4n) is 1.19. The SMILES string of the molecule is CCCSc1nc(C(C)(C)C)nc(N)c1C. The van der Waals surface area contributed by atoms with Crippen molar-refractivity contribution in [3.05, 3.63) is 11.4 Å². The van der Waals surface area contributed by atoms with Crippen molar-refractivity contribution in [2.24, 2.45) is 0 Å². The van der Waals surface area contributed by atoms with Crippen LogP contribution in [0.4, 0.5) is 5.82 Å². The summed E-state index contributed by atoms with van der Waals surface area (Å²) in [7, 11) is 0. The van der Waals surface area contributed by atoms with Gasteiger partial charge in [-0.25, -0.2) is 9.97 Å². The van der Waals surface area contributed by atoms with Gasteiger partial charge in [-0.1, -0.05) is 27.7 Å². The van der Waals surface area contributed by atoms with Crippen LogP contribution in [0.3, 0.4) is 0 Å². The molecule has 1 heterocycles. The Morgan fingerprint density at radius 2 is 1.88 bits per heavy atom. The second-order valence-corrected chi connectivity index (χ2v) is 6.04. The monoisotopic (exact) mass is 239 g/mol. The van der Waals surface area contributed by atoms with E-state index in [-0.39, 0.29) is 5.41 Å². The van der Waals surface area contributed by atoms with E-state index in [4.69, 9.17) is 5.73 Å². The first-order valence-electron chi connectivity index (χ1n) is 5.63. The average Bonchev–Trinajstić information content (AvgIpc) is 2.18. The highest BCUT2D eigenvalue weighted by Gasteiger charge is 2.20. The van der Waals surface area contributed by atoms with Crippen LogP contribution < -0.4 is 5.73 Å². The van der Waals surface area contributed by atoms with Gasteiger partial charge in [-0.2, -0.15) is 0 Å². The van der Waals surface area contributed by atoms with Crippen LogP contribution in [-0.4, -0.2) is 15.7 Å². The minimum atomic E-state index is -0.0522. The second kappa shape index (κ2) is 5.04. The summed E-state index contributed by atoms with van der Waals surface area (Å²) in [5.74, 6) is 2.51. The van der Waals surface area contributed by atoms with E-state index in [1.165, 1.54) is 0 Å². The fraction of sp³-hybridized carbons (Fsp3) is 0.667. The summed E-state index contributed by atoms with van der Waals surface area (Å²) in [6.45, 7) is 10.5. The Bertz CT molecular complexity index is 369. The van der Waals surface area contributed by atoms with E-state index >= 15 is 0 Å². The molecule has 0 aliphatic heterocycles. The third kappa shape index (κ3) is 3.11. The Kier molecular flexibility index (Phi) is 4.19. The summed E-state index contributed by atoms with van der Waals surface area (Å²) >= 11 is 1.76. The molecule has 0 fully saturated rings. The predicted molar refractivity (Wildman–Crippen MR) is 70.9 cm³/mol. The van der Waals surface area contributed by atoms with Crippen molar-refractivity contribution in [3.8, 4) is 0 Å². The molecule has 2 N–H and O–H groups in total. The molecule has 1 aromatic rings. The van der Waals surface area contributed by atoms with Gasteiger partial charge in [0, 0.05) is 11.0 Å². The topological polar surface area (TPSA) is 51.8 Å². The van der Waals surface area contributed by atoms with Crippen LogP contribution in [-0.2, 0) is 5.41 Å². The van der Waals surface area contributed by atoms with E-state index in [0.29, 0.717) is 5.82 Å². The first kappa shape index (κ1) is 13.3. The van der Waals surface area contributed by atoms with Gasteiger partial charge in [-0.15, -0.1) is 11.8 Å². The van der Waals surface area contributed by atoms with Crippen molar-refractivity contribution in [2.75, 3.05) is 11.5 Å². The van der Waals surface area contributed by atoms with Gasteiger partial charge in [0.25, 0.3) is 0 Å². The number of hydrogen-bond acceptors (Lipinski definition) is 4. The highest BCUT2D eigenvalue weighted by molar-refractivity contribution is 7.99. The average molecular weight is 239 g/mol. The van der Waals surface area contributed by atoms with Crippen LogP contribution in [0.2, 0.25) is 0 Å². The van der Waals surface area contributed by atoms with Gasteiger partial charge in [0.05, 0.1) is 0 Å². The molecule has 0 amide bonds. The van der Waals surface area contributed by atoms with Gasteiger partial charge in [-0.05, 0) is 19.1 Å². The molecule has 1 aromatic heterocycles. The molecule has 1 rings (SSSR count). The predicted octanol–water partition coefficient (Wildman–Crippen LogP) is 3.17. The lowest BCUT2D eigenvalue weighted by Crippen LogP contribution is -2.18. The van der Waals surface area contributed by atoms with Crippen LogP contribution >= 0.6 is 11.8 Å². The van der Waals surface area contributed by atoms with Crippen molar-refractivity contribution >= 4 is 17.6 Å². The van der Waals surface area contributed by atoms with E-state index in [1.54, 1.807) is 11.8 Å². The highest BCUT2D eigenvalue weighted by atomic mass is 32.2. The van der Waals surface area contributed by atoms with Crippen LogP contribution in [0.25, 0.3) is 0 Å². The standard InChI is InChI=1S/C12H21N3S/c1-6-7-16-10-8(2)9(13)14-11(15-10)12(3,4)5/h6-7H2,1-5H3,(H2,13,14,15). The van der Waals surface area contributed by atoms with Gasteiger partial charge in [0.2, 0.25) is 0 Å². The quantitative estimate of drug-likeness (QED) is 0.650. The van der Waals surface area contributed by atoms with Gasteiger partial charge in [0.1, 0.15) is 16.7 Å². The molecule has 90 valence electrons. The molecule has 4 heteroatoms. The largest absolute Gasteiger partial charge is 0.383 e. The summed E-state index contributed by atoms with van der Waals surface area (Å²) in [5, 5.41) is 1.03. The molecule has 0 saturated heterocycles. The van der Waals surface area contributed by atoms with Crippen molar-refractivity contribution in [2.45, 2.75) is 51.5 Å². The van der Waals surface area contributed by atoms with Gasteiger partial charge in [0.15, 0.2) is 0 Å². The van der Waals surface area contributed by atoms with E-state index in [1.807, 2.05) is 6.92 Å². The molecule has 0 atom stereocenters. The zero-order valence-corrected chi connectivity index (χ0v) is 11.6. The lowest BCUT2D eigenvalue weighted by molar-refractivity contribution is 0.538. The van der Waals surface area contributed by atoms with Gasteiger partial charge >= 0.3 is 0 Å². The van der Waals surface area contributed by atoms with Crippen molar-refractivity contribution < 1.29 is 0 Å². The Labute approximate surface area is 102 Å². The molecule has 0 saturated carbocycles. The summed E-state index contributed by atoms with van der Waals surface area (Å²) < 4.78 is 0. The molecule has 0 radical (unpaired) electrons. The van der Waals surface area contributed by atoms with E-state index < -0.39 is 0 Å². The number of nitrogen functional groups attached to an aromatic ring is 1. The van der Waals surface area contributed by atoms with Crippen LogP contribution in [0.5, 0.6) is 0 Å². The van der Waals surface area contributed by atoms with E-state index in [0.717, 1.165) is 28.6 Å². The summed E-state index contributed by atoms with van der Waals surface area (Å²) in [5.41, 5.74) is 6.88. The van der Waals surface area contributed by atoms with Crippen LogP contribution in [0.1, 0.15) is 45.5 Å². The first-order valence-corrected chi connectivity index (χ1v) is 6.62. The third-order valence-corrected chi connectivity index (χ3v) is 3.54. The Balaban J connectivity index is 3.12. The normalized spacial score (nSPS) is 11.8. The van der Waals surface area contributed by atoms with Crippen LogP contribution in [0, 0.1) is 6.92 Å². The number of nitrogens with two attached hydrogens (primary N) is 1. The maximum atomic E-state index is 5.93. The van der Waals surface area contributed by atoms with Crippen molar-refractivity contribution in [3.63, 3.8) is 0 Å². The number of hydrogen-bond donors (Lipinski definition) is 1. The molecule has 0 bridgehead atoms. The lowest BCUT2D eigenvalue weighted by atomic mass is 9.95. The smallest absolute Gasteiger partial charge is 0.137 e. The van der Waals surface area contributed by atoms with Crippen molar-refractivity contribution in [1.29, 1.82) is 0 Å². The number of rotatable bonds is 3. The zero-order valence-electron chi connectivity index (χ0n) is 10.8. The van der Waals surface area contributed by atoms with Crippen molar-refractivity contribution in [1.82, 2.24) is 9.97 Å². The minimum absolute atomic E-state index is 0.0522. The summed E-state index contributed by atoms with van der Waals surface area (Å²) in [6.07, 6.45) is 1.14. The van der Waals surface area contributed by atoms with Gasteiger partial charge in [-0.3, -0.25) is 0 Å². The maximum Gasteiger partial charge on any atom is 0.137 e. The molecule has 0 aromatic carbocycles. The zero-order chi connectivity index (χ0) is 12.3. The number of aromatic nitrogens is 2. The summed E-state index contributed by atoms with van der Waals surface area (Å²) in [4.78, 5) is 8.98. The number of nitrogens with zero attached hydrogens (tertiary/aromatic N) is 2. The molecule has 16 heavy (non-hydrogen) atoms. The maximum absolute atomic E-state index is 5.93. The Morgan fingerprint density at radius 3 is 2.38 bits per heavy atom. The molecule has 0 aliphatic rings. The van der Waals surface area contributed by atoms with Gasteiger partial charge < -0.3 is 5.73 Å². The number of anilines is 1. The minimum Gasteiger partial charge on any atom is -0.383 e. The van der Waals surface area contributed by atoms with E-state index in [2.05, 4.69) is 37.7 Å². The lowest BCUT2D eigenvalue weighted by Gasteiger charge is -2.19. The fourth-order valence-corrected chi connectivity index (χ4v) is 2.06. The Morgan fingerprint density at radius 1 is 1.25 bits per heavy atom. The second-order valence-electron chi connectivity index (χ2n) is 4.96. The third-order valence-electron chi connectivity index (χ3n) is 2.25.